The number of hydrogen-bond acceptors (Lipinski definition) is 2. The van der Waals surface area contributed by atoms with E-state index in [0.717, 1.165) is 11.8 Å². The van der Waals surface area contributed by atoms with Crippen molar-refractivity contribution in [1.82, 2.24) is 0 Å². The highest BCUT2D eigenvalue weighted by molar-refractivity contribution is 7.99. The Hall–Kier alpha value is -0.160. The van der Waals surface area contributed by atoms with Crippen molar-refractivity contribution in [3.8, 4) is 6.07 Å². The van der Waals surface area contributed by atoms with E-state index in [9.17, 15) is 0 Å². The highest BCUT2D eigenvalue weighted by Crippen LogP contribution is 2.41. The zero-order valence-electron chi connectivity index (χ0n) is 7.33. The molecule has 1 saturated heterocycles. The van der Waals surface area contributed by atoms with Crippen LogP contribution in [0.15, 0.2) is 0 Å². The lowest BCUT2D eigenvalue weighted by Crippen LogP contribution is -2.27. The molecule has 0 spiro atoms. The van der Waals surface area contributed by atoms with Gasteiger partial charge in [-0.2, -0.15) is 17.0 Å². The summed E-state index contributed by atoms with van der Waals surface area (Å²) in [5.41, 5.74) is 0. The first-order chi connectivity index (χ1) is 5.92. The van der Waals surface area contributed by atoms with Gasteiger partial charge in [0.1, 0.15) is 0 Å². The van der Waals surface area contributed by atoms with E-state index in [-0.39, 0.29) is 0 Å². The molecule has 2 rings (SSSR count). The molecule has 1 aliphatic carbocycles. The van der Waals surface area contributed by atoms with Crippen LogP contribution in [-0.2, 0) is 0 Å². The molecule has 0 bridgehead atoms. The maximum absolute atomic E-state index is 9.06. The third-order valence-corrected chi connectivity index (χ3v) is 4.47. The third-order valence-electron chi connectivity index (χ3n) is 3.28. The molecular formula is C10H15NS. The Morgan fingerprint density at radius 1 is 1.25 bits per heavy atom. The molecule has 0 amide bonds. The van der Waals surface area contributed by atoms with Crippen molar-refractivity contribution < 1.29 is 0 Å². The van der Waals surface area contributed by atoms with Crippen LogP contribution in [-0.4, -0.2) is 11.5 Å². The van der Waals surface area contributed by atoms with Gasteiger partial charge < -0.3 is 0 Å². The fraction of sp³-hybridized carbons (Fsp3) is 0.900. The third kappa shape index (κ3) is 1.47. The van der Waals surface area contributed by atoms with Crippen LogP contribution in [0, 0.1) is 29.1 Å². The van der Waals surface area contributed by atoms with E-state index in [4.69, 9.17) is 5.26 Å². The van der Waals surface area contributed by atoms with Gasteiger partial charge in [-0.25, -0.2) is 0 Å². The number of thioether (sulfide) groups is 1. The summed E-state index contributed by atoms with van der Waals surface area (Å²) >= 11 is 2.03. The second-order valence-electron chi connectivity index (χ2n) is 3.97. The Labute approximate surface area is 78.5 Å². The average Bonchev–Trinajstić information content (AvgIpc) is 2.47. The molecule has 0 aromatic carbocycles. The first kappa shape index (κ1) is 8.44. The fourth-order valence-corrected chi connectivity index (χ4v) is 3.54. The van der Waals surface area contributed by atoms with Crippen molar-refractivity contribution in [2.75, 3.05) is 11.5 Å². The highest BCUT2D eigenvalue weighted by Gasteiger charge is 2.34. The zero-order chi connectivity index (χ0) is 8.39. The average molecular weight is 181 g/mol. The molecule has 2 heteroatoms. The summed E-state index contributed by atoms with van der Waals surface area (Å²) in [4.78, 5) is 0. The molecule has 2 fully saturated rings. The molecule has 1 nitrogen and oxygen atoms in total. The van der Waals surface area contributed by atoms with E-state index in [2.05, 4.69) is 6.07 Å². The van der Waals surface area contributed by atoms with Crippen molar-refractivity contribution >= 4 is 11.8 Å². The minimum absolute atomic E-state index is 0.397. The molecule has 2 atom stereocenters. The smallest absolute Gasteiger partial charge is 0.0661 e. The maximum Gasteiger partial charge on any atom is 0.0661 e. The van der Waals surface area contributed by atoms with Crippen LogP contribution < -0.4 is 0 Å². The summed E-state index contributed by atoms with van der Waals surface area (Å²) in [5, 5.41) is 9.06. The van der Waals surface area contributed by atoms with Crippen LogP contribution in [0.25, 0.3) is 0 Å². The Kier molecular flexibility index (Phi) is 2.60. The maximum atomic E-state index is 9.06. The summed E-state index contributed by atoms with van der Waals surface area (Å²) < 4.78 is 0. The van der Waals surface area contributed by atoms with Gasteiger partial charge in [0.25, 0.3) is 0 Å². The first-order valence-corrected chi connectivity index (χ1v) is 6.04. The minimum Gasteiger partial charge on any atom is -0.198 e. The van der Waals surface area contributed by atoms with Gasteiger partial charge in [-0.1, -0.05) is 6.42 Å². The minimum atomic E-state index is 0.397. The van der Waals surface area contributed by atoms with Crippen LogP contribution in [0.3, 0.4) is 0 Å². The SMILES string of the molecule is N#CC(C1CCC1)C1CCSC1. The Morgan fingerprint density at radius 2 is 2.08 bits per heavy atom. The molecular weight excluding hydrogens is 166 g/mol. The number of rotatable bonds is 2. The molecule has 0 radical (unpaired) electrons. The molecule has 1 saturated carbocycles. The largest absolute Gasteiger partial charge is 0.198 e. The summed E-state index contributed by atoms with van der Waals surface area (Å²) in [6, 6.07) is 2.53. The summed E-state index contributed by atoms with van der Waals surface area (Å²) in [6.07, 6.45) is 5.29. The van der Waals surface area contributed by atoms with Crippen molar-refractivity contribution in [3.63, 3.8) is 0 Å². The van der Waals surface area contributed by atoms with Crippen molar-refractivity contribution in [1.29, 1.82) is 5.26 Å². The molecule has 1 heterocycles. The van der Waals surface area contributed by atoms with E-state index in [0.29, 0.717) is 5.92 Å². The van der Waals surface area contributed by atoms with Gasteiger partial charge >= 0.3 is 0 Å². The molecule has 2 aliphatic rings. The van der Waals surface area contributed by atoms with Crippen LogP contribution in [0.1, 0.15) is 25.7 Å². The van der Waals surface area contributed by atoms with Crippen LogP contribution in [0.5, 0.6) is 0 Å². The Bertz CT molecular complexity index is 187. The Balaban J connectivity index is 1.92. The van der Waals surface area contributed by atoms with E-state index in [1.54, 1.807) is 0 Å². The van der Waals surface area contributed by atoms with Gasteiger partial charge in [0, 0.05) is 0 Å². The highest BCUT2D eigenvalue weighted by atomic mass is 32.2. The molecule has 0 aromatic heterocycles. The van der Waals surface area contributed by atoms with Crippen molar-refractivity contribution in [2.45, 2.75) is 25.7 Å². The molecule has 2 unspecified atom stereocenters. The summed E-state index contributed by atoms with van der Waals surface area (Å²) in [5.74, 6) is 4.42. The topological polar surface area (TPSA) is 23.8 Å². The zero-order valence-corrected chi connectivity index (χ0v) is 8.15. The molecule has 66 valence electrons. The lowest BCUT2D eigenvalue weighted by Gasteiger charge is -2.32. The Morgan fingerprint density at radius 3 is 2.50 bits per heavy atom. The van der Waals surface area contributed by atoms with E-state index < -0.39 is 0 Å². The van der Waals surface area contributed by atoms with Gasteiger partial charge in [-0.05, 0) is 42.6 Å². The monoisotopic (exact) mass is 181 g/mol. The normalized spacial score (nSPS) is 32.4. The molecule has 0 N–H and O–H groups in total. The van der Waals surface area contributed by atoms with Crippen LogP contribution in [0.4, 0.5) is 0 Å². The summed E-state index contributed by atoms with van der Waals surface area (Å²) in [7, 11) is 0. The lowest BCUT2D eigenvalue weighted by molar-refractivity contribution is 0.200. The molecule has 1 aliphatic heterocycles. The molecule has 12 heavy (non-hydrogen) atoms. The van der Waals surface area contributed by atoms with Gasteiger partial charge in [0.2, 0.25) is 0 Å². The predicted octanol–water partition coefficient (Wildman–Crippen LogP) is 2.68. The quantitative estimate of drug-likeness (QED) is 0.654. The van der Waals surface area contributed by atoms with Crippen LogP contribution >= 0.6 is 11.8 Å². The standard InChI is InChI=1S/C10H15NS/c11-6-10(8-2-1-3-8)9-4-5-12-7-9/h8-10H,1-5,7H2. The van der Waals surface area contributed by atoms with Gasteiger partial charge in [0.15, 0.2) is 0 Å². The predicted molar refractivity (Wildman–Crippen MR) is 51.9 cm³/mol. The fourth-order valence-electron chi connectivity index (χ4n) is 2.23. The van der Waals surface area contributed by atoms with Gasteiger partial charge in [0.05, 0.1) is 12.0 Å². The van der Waals surface area contributed by atoms with E-state index in [1.807, 2.05) is 11.8 Å². The number of nitrogens with zero attached hydrogens (tertiary/aromatic N) is 1. The van der Waals surface area contributed by atoms with Crippen molar-refractivity contribution in [3.05, 3.63) is 0 Å². The lowest BCUT2D eigenvalue weighted by atomic mass is 9.71. The van der Waals surface area contributed by atoms with Gasteiger partial charge in [-0.3, -0.25) is 0 Å². The second kappa shape index (κ2) is 3.70. The van der Waals surface area contributed by atoms with E-state index >= 15 is 0 Å². The first-order valence-electron chi connectivity index (χ1n) is 4.89. The number of hydrogen-bond donors (Lipinski definition) is 0. The van der Waals surface area contributed by atoms with Crippen molar-refractivity contribution in [2.24, 2.45) is 17.8 Å². The summed E-state index contributed by atoms with van der Waals surface area (Å²) in [6.45, 7) is 0. The second-order valence-corrected chi connectivity index (χ2v) is 5.12. The molecule has 0 aromatic rings. The van der Waals surface area contributed by atoms with E-state index in [1.165, 1.54) is 37.2 Å². The van der Waals surface area contributed by atoms with Gasteiger partial charge in [-0.15, -0.1) is 0 Å². The number of nitriles is 1. The van der Waals surface area contributed by atoms with Crippen LogP contribution in [0.2, 0.25) is 0 Å².